The summed E-state index contributed by atoms with van der Waals surface area (Å²) in [4.78, 5) is 44.7. The van der Waals surface area contributed by atoms with E-state index in [1.165, 1.54) is 12.1 Å². The number of imide groups is 1. The van der Waals surface area contributed by atoms with Crippen molar-refractivity contribution in [1.29, 1.82) is 0 Å². The number of halogens is 1. The zero-order chi connectivity index (χ0) is 22.8. The molecule has 3 unspecified atom stereocenters. The molecule has 4 rings (SSSR count). The van der Waals surface area contributed by atoms with Gasteiger partial charge in [-0.05, 0) is 41.8 Å². The lowest BCUT2D eigenvalue weighted by Crippen LogP contribution is -2.40. The van der Waals surface area contributed by atoms with E-state index >= 15 is 0 Å². The van der Waals surface area contributed by atoms with Crippen molar-refractivity contribution in [3.8, 4) is 5.75 Å². The van der Waals surface area contributed by atoms with E-state index in [4.69, 9.17) is 21.2 Å². The Hall–Kier alpha value is -2.94. The molecule has 0 aliphatic carbocycles. The summed E-state index contributed by atoms with van der Waals surface area (Å²) in [7, 11) is 3.06. The first-order valence-electron chi connectivity index (χ1n) is 10.3. The molecule has 0 bridgehead atoms. The molecule has 2 fully saturated rings. The molecule has 2 heterocycles. The maximum Gasteiger partial charge on any atom is 0.261 e. The number of hydroxylamine groups is 2. The lowest BCUT2D eigenvalue weighted by Gasteiger charge is -2.26. The number of rotatable bonds is 7. The van der Waals surface area contributed by atoms with Crippen molar-refractivity contribution in [1.82, 2.24) is 15.3 Å². The van der Waals surface area contributed by atoms with Crippen LogP contribution in [0.1, 0.15) is 17.2 Å². The number of hydrogen-bond acceptors (Lipinski definition) is 6. The van der Waals surface area contributed by atoms with Crippen LogP contribution < -0.4 is 10.1 Å². The number of nitrogens with one attached hydrogen (secondary N) is 1. The molecule has 0 radical (unpaired) electrons. The Morgan fingerprint density at radius 1 is 1.09 bits per heavy atom. The number of ether oxygens (including phenoxy) is 1. The highest BCUT2D eigenvalue weighted by Crippen LogP contribution is 2.44. The Bertz CT molecular complexity index is 1010. The lowest BCUT2D eigenvalue weighted by atomic mass is 9.91. The van der Waals surface area contributed by atoms with E-state index in [9.17, 15) is 14.4 Å². The number of likely N-dealkylation sites (tertiary alicyclic amines) is 1. The Labute approximate surface area is 191 Å². The van der Waals surface area contributed by atoms with E-state index in [1.54, 1.807) is 31.4 Å². The van der Waals surface area contributed by atoms with Gasteiger partial charge in [-0.1, -0.05) is 35.9 Å². The highest BCUT2D eigenvalue weighted by atomic mass is 35.5. The number of likely N-dealkylation sites (N-methyl/N-ethyl adjacent to an activating group) is 1. The summed E-state index contributed by atoms with van der Waals surface area (Å²) < 4.78 is 5.14. The van der Waals surface area contributed by atoms with Gasteiger partial charge in [-0.25, -0.2) is 0 Å². The van der Waals surface area contributed by atoms with Crippen molar-refractivity contribution < 1.29 is 24.0 Å². The largest absolute Gasteiger partial charge is 0.497 e. The van der Waals surface area contributed by atoms with E-state index in [1.807, 2.05) is 24.3 Å². The van der Waals surface area contributed by atoms with Crippen molar-refractivity contribution >= 4 is 29.3 Å². The van der Waals surface area contributed by atoms with Crippen LogP contribution in [0.4, 0.5) is 0 Å². The van der Waals surface area contributed by atoms with Gasteiger partial charge in [0, 0.05) is 18.6 Å². The molecule has 0 spiro atoms. The van der Waals surface area contributed by atoms with Gasteiger partial charge < -0.3 is 10.1 Å². The summed E-state index contributed by atoms with van der Waals surface area (Å²) in [5, 5.41) is 4.86. The minimum absolute atomic E-state index is 0.104. The molecule has 168 valence electrons. The molecule has 0 saturated carbocycles. The standard InChI is InChI=1S/C23H24ClN3O5/c1-26-22(29)19-20(15-5-7-16(24)8-6-15)27(32-21(19)23(26)30)13-18(28)25-12-11-14-3-9-17(31-2)10-4-14/h3-10,19-21H,11-13H2,1-2H3,(H,25,28). The van der Waals surface area contributed by atoms with Crippen LogP contribution in [-0.2, 0) is 25.6 Å². The van der Waals surface area contributed by atoms with Gasteiger partial charge in [-0.2, -0.15) is 5.06 Å². The maximum atomic E-state index is 12.7. The quantitative estimate of drug-likeness (QED) is 0.640. The molecule has 32 heavy (non-hydrogen) atoms. The molecule has 2 aliphatic heterocycles. The Morgan fingerprint density at radius 2 is 1.78 bits per heavy atom. The number of methoxy groups -OCH3 is 1. The molecule has 3 amide bonds. The van der Waals surface area contributed by atoms with Crippen molar-refractivity contribution in [3.05, 3.63) is 64.7 Å². The second-order valence-corrected chi connectivity index (χ2v) is 8.24. The number of hydrogen-bond donors (Lipinski definition) is 1. The van der Waals surface area contributed by atoms with Gasteiger partial charge in [0.25, 0.3) is 5.91 Å². The van der Waals surface area contributed by atoms with Crippen molar-refractivity contribution in [2.45, 2.75) is 18.6 Å². The number of amides is 3. The number of nitrogens with zero attached hydrogens (tertiary/aromatic N) is 2. The van der Waals surface area contributed by atoms with E-state index in [2.05, 4.69) is 5.32 Å². The fourth-order valence-electron chi connectivity index (χ4n) is 4.11. The average molecular weight is 458 g/mol. The van der Waals surface area contributed by atoms with Gasteiger partial charge in [0.2, 0.25) is 11.8 Å². The number of benzene rings is 2. The topological polar surface area (TPSA) is 88.2 Å². The second-order valence-electron chi connectivity index (χ2n) is 7.81. The van der Waals surface area contributed by atoms with E-state index in [0.717, 1.165) is 21.8 Å². The minimum Gasteiger partial charge on any atom is -0.497 e. The Balaban J connectivity index is 1.42. The normalized spacial score (nSPS) is 22.8. The second kappa shape index (κ2) is 9.28. The van der Waals surface area contributed by atoms with Gasteiger partial charge in [0.1, 0.15) is 12.3 Å². The van der Waals surface area contributed by atoms with Crippen LogP contribution in [0.15, 0.2) is 48.5 Å². The molecular weight excluding hydrogens is 434 g/mol. The molecule has 1 N–H and O–H groups in total. The van der Waals surface area contributed by atoms with E-state index in [0.29, 0.717) is 18.0 Å². The fourth-order valence-corrected chi connectivity index (χ4v) is 4.24. The molecule has 3 atom stereocenters. The van der Waals surface area contributed by atoms with Crippen LogP contribution in [0.3, 0.4) is 0 Å². The lowest BCUT2D eigenvalue weighted by molar-refractivity contribution is -0.181. The summed E-state index contributed by atoms with van der Waals surface area (Å²) in [6.45, 7) is 0.339. The summed E-state index contributed by atoms with van der Waals surface area (Å²) in [5.74, 6) is -0.910. The van der Waals surface area contributed by atoms with E-state index < -0.39 is 24.0 Å². The van der Waals surface area contributed by atoms with Crippen molar-refractivity contribution in [2.24, 2.45) is 5.92 Å². The summed E-state index contributed by atoms with van der Waals surface area (Å²) in [6.07, 6.45) is -0.273. The fraction of sp³-hybridized carbons (Fsp3) is 0.348. The highest BCUT2D eigenvalue weighted by molar-refractivity contribution is 6.30. The van der Waals surface area contributed by atoms with Crippen LogP contribution in [-0.4, -0.2) is 61.0 Å². The first-order valence-corrected chi connectivity index (χ1v) is 10.7. The highest BCUT2D eigenvalue weighted by Gasteiger charge is 2.58. The van der Waals surface area contributed by atoms with Crippen LogP contribution in [0.2, 0.25) is 5.02 Å². The van der Waals surface area contributed by atoms with Crippen LogP contribution in [0.25, 0.3) is 0 Å². The molecular formula is C23H24ClN3O5. The Morgan fingerprint density at radius 3 is 2.44 bits per heavy atom. The third kappa shape index (κ3) is 4.34. The van der Waals surface area contributed by atoms with Crippen molar-refractivity contribution in [2.75, 3.05) is 27.2 Å². The SMILES string of the molecule is COc1ccc(CCNC(=O)CN2OC3C(=O)N(C)C(=O)C3C2c2ccc(Cl)cc2)cc1. The zero-order valence-electron chi connectivity index (χ0n) is 17.8. The molecule has 2 aromatic carbocycles. The predicted molar refractivity (Wildman–Crippen MR) is 117 cm³/mol. The zero-order valence-corrected chi connectivity index (χ0v) is 18.5. The summed E-state index contributed by atoms with van der Waals surface area (Å²) in [5.41, 5.74) is 1.82. The molecule has 2 saturated heterocycles. The van der Waals surface area contributed by atoms with E-state index in [-0.39, 0.29) is 18.4 Å². The van der Waals surface area contributed by atoms with Gasteiger partial charge in [-0.15, -0.1) is 0 Å². The van der Waals surface area contributed by atoms with Crippen LogP contribution in [0.5, 0.6) is 5.75 Å². The summed E-state index contributed by atoms with van der Waals surface area (Å²) >= 11 is 6.00. The third-order valence-corrected chi connectivity index (χ3v) is 6.07. The number of carbonyl (C=O) groups is 3. The summed E-state index contributed by atoms with van der Waals surface area (Å²) in [6, 6.07) is 14.1. The van der Waals surface area contributed by atoms with Gasteiger partial charge in [-0.3, -0.25) is 24.1 Å². The first kappa shape index (κ1) is 22.3. The molecule has 0 aromatic heterocycles. The maximum absolute atomic E-state index is 12.7. The number of fused-ring (bicyclic) bond motifs is 1. The van der Waals surface area contributed by atoms with Gasteiger partial charge in [0.15, 0.2) is 6.10 Å². The monoisotopic (exact) mass is 457 g/mol. The first-order chi connectivity index (χ1) is 15.4. The third-order valence-electron chi connectivity index (χ3n) is 5.82. The molecule has 9 heteroatoms. The van der Waals surface area contributed by atoms with Crippen LogP contribution >= 0.6 is 11.6 Å². The average Bonchev–Trinajstić information content (AvgIpc) is 3.25. The Kier molecular flexibility index (Phi) is 6.45. The number of carbonyl (C=O) groups excluding carboxylic acids is 3. The predicted octanol–water partition coefficient (Wildman–Crippen LogP) is 1.98. The van der Waals surface area contributed by atoms with Crippen molar-refractivity contribution in [3.63, 3.8) is 0 Å². The molecule has 2 aromatic rings. The van der Waals surface area contributed by atoms with Crippen LogP contribution in [0, 0.1) is 5.92 Å². The van der Waals surface area contributed by atoms with Gasteiger partial charge in [0.05, 0.1) is 19.1 Å². The molecule has 8 nitrogen and oxygen atoms in total. The van der Waals surface area contributed by atoms with Gasteiger partial charge >= 0.3 is 0 Å². The molecule has 2 aliphatic rings. The minimum atomic E-state index is -0.930. The smallest absolute Gasteiger partial charge is 0.261 e.